The number of unbranched alkanes of at least 4 members (excludes halogenated alkanes) is 24. The first-order chi connectivity index (χ1) is 22.8. The highest BCUT2D eigenvalue weighted by Gasteiger charge is 2.26. The molecule has 1 amide bonds. The molecule has 2 unspecified atom stereocenters. The van der Waals surface area contributed by atoms with Crippen molar-refractivity contribution in [3.05, 3.63) is 24.3 Å². The lowest BCUT2D eigenvalue weighted by molar-refractivity contribution is -0.122. The Morgan fingerprint density at radius 1 is 0.574 bits per heavy atom. The van der Waals surface area contributed by atoms with E-state index in [0.717, 1.165) is 64.2 Å². The summed E-state index contributed by atoms with van der Waals surface area (Å²) in [5, 5.41) is 13.3. The zero-order valence-corrected chi connectivity index (χ0v) is 31.7. The van der Waals surface area contributed by atoms with Gasteiger partial charge >= 0.3 is 0 Å². The van der Waals surface area contributed by atoms with Crippen molar-refractivity contribution in [2.24, 2.45) is 0 Å². The molecule has 0 bridgehead atoms. The van der Waals surface area contributed by atoms with Gasteiger partial charge in [0, 0.05) is 6.42 Å². The summed E-state index contributed by atoms with van der Waals surface area (Å²) in [7, 11) is -4.31. The van der Waals surface area contributed by atoms with Gasteiger partial charge in [0.25, 0.3) is 10.1 Å². The summed E-state index contributed by atoms with van der Waals surface area (Å²) in [5.41, 5.74) is 0. The van der Waals surface area contributed by atoms with Crippen molar-refractivity contribution in [2.45, 2.75) is 219 Å². The molecular formula is C40H77NO5S. The average Bonchev–Trinajstić information content (AvgIpc) is 3.03. The maximum atomic E-state index is 12.5. The molecule has 47 heavy (non-hydrogen) atoms. The normalized spacial score (nSPS) is 13.5. The molecule has 0 aromatic carbocycles. The third-order valence-corrected chi connectivity index (χ3v) is 9.94. The molecule has 0 aliphatic heterocycles. The minimum absolute atomic E-state index is 0.259. The molecular weight excluding hydrogens is 607 g/mol. The number of rotatable bonds is 36. The third-order valence-electron chi connectivity index (χ3n) is 9.16. The van der Waals surface area contributed by atoms with Gasteiger partial charge in [0.1, 0.15) is 0 Å². The minimum atomic E-state index is -4.31. The van der Waals surface area contributed by atoms with Gasteiger partial charge < -0.3 is 10.4 Å². The van der Waals surface area contributed by atoms with E-state index in [2.05, 4.69) is 43.5 Å². The number of allylic oxidation sites excluding steroid dienone is 4. The maximum Gasteiger partial charge on any atom is 0.266 e. The molecule has 0 aliphatic rings. The largest absolute Gasteiger partial charge is 0.391 e. The van der Waals surface area contributed by atoms with Crippen molar-refractivity contribution in [3.63, 3.8) is 0 Å². The summed E-state index contributed by atoms with van der Waals surface area (Å²) in [6, 6.07) is -0.975. The molecule has 7 heteroatoms. The number of carbonyl (C=O) groups is 1. The van der Waals surface area contributed by atoms with Crippen molar-refractivity contribution < 1.29 is 22.9 Å². The van der Waals surface area contributed by atoms with Crippen molar-refractivity contribution in [1.29, 1.82) is 0 Å². The van der Waals surface area contributed by atoms with Crippen LogP contribution < -0.4 is 5.32 Å². The molecule has 0 fully saturated rings. The highest BCUT2D eigenvalue weighted by molar-refractivity contribution is 7.85. The Labute approximate surface area is 292 Å². The number of aliphatic hydroxyl groups is 1. The van der Waals surface area contributed by atoms with Crippen LogP contribution in [0.2, 0.25) is 0 Å². The third kappa shape index (κ3) is 35.9. The number of amides is 1. The Morgan fingerprint density at radius 2 is 0.979 bits per heavy atom. The van der Waals surface area contributed by atoms with Crippen LogP contribution in [0.4, 0.5) is 0 Å². The molecule has 0 saturated carbocycles. The van der Waals surface area contributed by atoms with Gasteiger partial charge in [0.2, 0.25) is 5.91 Å². The van der Waals surface area contributed by atoms with Gasteiger partial charge in [-0.2, -0.15) is 8.42 Å². The van der Waals surface area contributed by atoms with E-state index in [9.17, 15) is 22.9 Å². The molecule has 6 nitrogen and oxygen atoms in total. The van der Waals surface area contributed by atoms with Crippen LogP contribution in [0, 0.1) is 0 Å². The molecule has 278 valence electrons. The predicted octanol–water partition coefficient (Wildman–Crippen LogP) is 11.6. The van der Waals surface area contributed by atoms with Gasteiger partial charge in [-0.15, -0.1) is 0 Å². The molecule has 0 aliphatic carbocycles. The van der Waals surface area contributed by atoms with Gasteiger partial charge in [0.15, 0.2) is 0 Å². The van der Waals surface area contributed by atoms with E-state index in [-0.39, 0.29) is 5.91 Å². The Kier molecular flexibility index (Phi) is 33.8. The zero-order chi connectivity index (χ0) is 34.7. The highest BCUT2D eigenvalue weighted by atomic mass is 32.2. The topological polar surface area (TPSA) is 104 Å². The quantitative estimate of drug-likeness (QED) is 0.0346. The molecule has 0 rings (SSSR count). The maximum absolute atomic E-state index is 12.5. The second kappa shape index (κ2) is 34.7. The first-order valence-corrected chi connectivity index (χ1v) is 21.6. The molecule has 0 radical (unpaired) electrons. The van der Waals surface area contributed by atoms with Crippen molar-refractivity contribution in [3.8, 4) is 0 Å². The Hall–Kier alpha value is -1.18. The number of hydrogen-bond acceptors (Lipinski definition) is 4. The number of nitrogens with one attached hydrogen (secondary N) is 1. The van der Waals surface area contributed by atoms with Crippen molar-refractivity contribution in [2.75, 3.05) is 5.75 Å². The van der Waals surface area contributed by atoms with Gasteiger partial charge in [-0.05, 0) is 38.5 Å². The summed E-state index contributed by atoms with van der Waals surface area (Å²) in [4.78, 5) is 12.5. The number of carbonyl (C=O) groups excluding carboxylic acids is 1. The molecule has 3 N–H and O–H groups in total. The summed E-state index contributed by atoms with van der Waals surface area (Å²) in [5.74, 6) is -0.911. The number of aliphatic hydroxyl groups excluding tert-OH is 1. The smallest absolute Gasteiger partial charge is 0.266 e. The van der Waals surface area contributed by atoms with Crippen LogP contribution in [0.5, 0.6) is 0 Å². The van der Waals surface area contributed by atoms with E-state index in [1.54, 1.807) is 0 Å². The fourth-order valence-corrected chi connectivity index (χ4v) is 6.88. The second-order valence-electron chi connectivity index (χ2n) is 13.9. The SMILES string of the molecule is CCCC/C=C\C/C=C\CCCCCCCC(=O)NC(CS(=O)(=O)O)C(O)CCCCCCCCCCCCCCCCCCCC. The van der Waals surface area contributed by atoms with E-state index >= 15 is 0 Å². The monoisotopic (exact) mass is 684 g/mol. The standard InChI is InChI=1S/C40H77NO5S/c1-3-5-7-9-11-13-15-17-19-20-21-22-23-25-27-29-31-33-35-39(42)38(37-47(44,45)46)41-40(43)36-34-32-30-28-26-24-18-16-14-12-10-8-6-4-2/h10,12,16,18,38-39,42H,3-9,11,13-15,17,19-37H2,1-2H3,(H,41,43)(H,44,45,46)/b12-10-,18-16-. The van der Waals surface area contributed by atoms with Crippen molar-refractivity contribution in [1.82, 2.24) is 5.32 Å². The Bertz CT molecular complexity index is 842. The van der Waals surface area contributed by atoms with Gasteiger partial charge in [-0.25, -0.2) is 0 Å². The molecule has 0 aromatic rings. The van der Waals surface area contributed by atoms with Crippen LogP contribution >= 0.6 is 0 Å². The molecule has 0 heterocycles. The average molecular weight is 684 g/mol. The Balaban J connectivity index is 3.88. The Morgan fingerprint density at radius 3 is 1.45 bits per heavy atom. The molecule has 0 aromatic heterocycles. The lowest BCUT2D eigenvalue weighted by Crippen LogP contribution is -2.47. The van der Waals surface area contributed by atoms with Crippen LogP contribution in [-0.4, -0.2) is 41.9 Å². The van der Waals surface area contributed by atoms with E-state index in [0.29, 0.717) is 12.8 Å². The van der Waals surface area contributed by atoms with Crippen LogP contribution in [-0.2, 0) is 14.9 Å². The van der Waals surface area contributed by atoms with Crippen LogP contribution in [0.1, 0.15) is 206 Å². The van der Waals surface area contributed by atoms with Gasteiger partial charge in [0.05, 0.1) is 17.9 Å². The lowest BCUT2D eigenvalue weighted by atomic mass is 10.0. The van der Waals surface area contributed by atoms with Gasteiger partial charge in [-0.1, -0.05) is 186 Å². The molecule has 0 spiro atoms. The van der Waals surface area contributed by atoms with Gasteiger partial charge in [-0.3, -0.25) is 9.35 Å². The van der Waals surface area contributed by atoms with Crippen LogP contribution in [0.3, 0.4) is 0 Å². The van der Waals surface area contributed by atoms with Crippen LogP contribution in [0.25, 0.3) is 0 Å². The summed E-state index contributed by atoms with van der Waals surface area (Å²) in [6.45, 7) is 4.48. The van der Waals surface area contributed by atoms with Crippen molar-refractivity contribution >= 4 is 16.0 Å². The molecule has 0 saturated heterocycles. The van der Waals surface area contributed by atoms with E-state index in [1.807, 2.05) is 0 Å². The molecule has 2 atom stereocenters. The van der Waals surface area contributed by atoms with Crippen LogP contribution in [0.15, 0.2) is 24.3 Å². The highest BCUT2D eigenvalue weighted by Crippen LogP contribution is 2.16. The zero-order valence-electron chi connectivity index (χ0n) is 30.9. The first-order valence-electron chi connectivity index (χ1n) is 20.0. The van der Waals surface area contributed by atoms with E-state index in [1.165, 1.54) is 116 Å². The summed E-state index contributed by atoms with van der Waals surface area (Å²) < 4.78 is 32.5. The van der Waals surface area contributed by atoms with E-state index < -0.39 is 28.0 Å². The van der Waals surface area contributed by atoms with E-state index in [4.69, 9.17) is 0 Å². The second-order valence-corrected chi connectivity index (χ2v) is 15.4. The number of hydrogen-bond donors (Lipinski definition) is 3. The summed E-state index contributed by atoms with van der Waals surface area (Å²) >= 11 is 0. The predicted molar refractivity (Wildman–Crippen MR) is 202 cm³/mol. The fraction of sp³-hybridized carbons (Fsp3) is 0.875. The first kappa shape index (κ1) is 45.8. The fourth-order valence-electron chi connectivity index (χ4n) is 6.12. The summed E-state index contributed by atoms with van der Waals surface area (Å²) in [6.07, 6.45) is 42.6. The lowest BCUT2D eigenvalue weighted by Gasteiger charge is -2.23. The minimum Gasteiger partial charge on any atom is -0.391 e.